The molecule has 0 aromatic heterocycles. The lowest BCUT2D eigenvalue weighted by atomic mass is 9.99. The highest BCUT2D eigenvalue weighted by atomic mass is 35.5. The van der Waals surface area contributed by atoms with Crippen LogP contribution in [0.1, 0.15) is 27.9 Å². The van der Waals surface area contributed by atoms with Crippen molar-refractivity contribution in [3.63, 3.8) is 0 Å². The Morgan fingerprint density at radius 2 is 1.71 bits per heavy atom. The zero-order valence-electron chi connectivity index (χ0n) is 24.0. The highest BCUT2D eigenvalue weighted by molar-refractivity contribution is 8.26. The van der Waals surface area contributed by atoms with Crippen LogP contribution < -0.4 is 5.32 Å². The third-order valence-corrected chi connectivity index (χ3v) is 9.27. The Labute approximate surface area is 280 Å². The van der Waals surface area contributed by atoms with Crippen molar-refractivity contribution >= 4 is 87.1 Å². The van der Waals surface area contributed by atoms with Crippen LogP contribution in [0.25, 0.3) is 23.3 Å². The Morgan fingerprint density at radius 3 is 2.42 bits per heavy atom. The molecule has 2 saturated heterocycles. The number of nitrogens with one attached hydrogen (secondary N) is 1. The minimum atomic E-state index is -1.05. The summed E-state index contributed by atoms with van der Waals surface area (Å²) in [6.07, 6.45) is 6.01. The number of halogens is 2. The molecule has 2 aliphatic rings. The molecular formula is C33H29Cl2N3O5S2. The molecule has 3 aromatic carbocycles. The fourth-order valence-electron chi connectivity index (χ4n) is 4.80. The van der Waals surface area contributed by atoms with Crippen LogP contribution in [0.3, 0.4) is 0 Å². The lowest BCUT2D eigenvalue weighted by Crippen LogP contribution is -2.36. The van der Waals surface area contributed by atoms with Gasteiger partial charge in [0, 0.05) is 38.3 Å². The van der Waals surface area contributed by atoms with Crippen molar-refractivity contribution in [2.75, 3.05) is 44.7 Å². The third-order valence-electron chi connectivity index (χ3n) is 7.16. The molecule has 0 spiro atoms. The van der Waals surface area contributed by atoms with Gasteiger partial charge in [-0.2, -0.15) is 0 Å². The number of amides is 2. The number of hydrogen-bond acceptors (Lipinski definition) is 7. The van der Waals surface area contributed by atoms with Crippen molar-refractivity contribution < 1.29 is 24.2 Å². The predicted octanol–water partition coefficient (Wildman–Crippen LogP) is 6.93. The second-order valence-corrected chi connectivity index (χ2v) is 12.8. The first-order valence-electron chi connectivity index (χ1n) is 14.1. The van der Waals surface area contributed by atoms with Crippen molar-refractivity contribution in [2.24, 2.45) is 0 Å². The molecule has 0 atom stereocenters. The number of thiocarbonyl (C=S) groups is 1. The summed E-state index contributed by atoms with van der Waals surface area (Å²) >= 11 is 19.2. The molecule has 0 saturated carbocycles. The van der Waals surface area contributed by atoms with Gasteiger partial charge < -0.3 is 15.2 Å². The molecule has 2 aliphatic heterocycles. The Balaban J connectivity index is 1.31. The third kappa shape index (κ3) is 8.82. The molecule has 0 radical (unpaired) electrons. The van der Waals surface area contributed by atoms with Crippen LogP contribution in [-0.2, 0) is 14.3 Å². The summed E-state index contributed by atoms with van der Waals surface area (Å²) < 4.78 is 5.81. The lowest BCUT2D eigenvalue weighted by Gasteiger charge is -2.25. The van der Waals surface area contributed by atoms with Crippen molar-refractivity contribution in [3.8, 4) is 11.1 Å². The number of nitrogens with zero attached hydrogens (tertiary/aromatic N) is 2. The van der Waals surface area contributed by atoms with E-state index in [1.54, 1.807) is 6.07 Å². The SMILES string of the molecule is O=C(CCN1C(=O)/C(=C/c2cc(/C=C/CN3CCOCC3)cc(-c3ccc(Cl)c(Cl)c3)c2)SC1=S)Nc1ccc(C(=O)O)cc1. The van der Waals surface area contributed by atoms with Gasteiger partial charge in [0.05, 0.1) is 33.7 Å². The quantitative estimate of drug-likeness (QED) is 0.176. The molecule has 0 unspecified atom stereocenters. The number of anilines is 1. The van der Waals surface area contributed by atoms with Gasteiger partial charge in [0.1, 0.15) is 4.32 Å². The van der Waals surface area contributed by atoms with Gasteiger partial charge in [-0.1, -0.05) is 65.4 Å². The summed E-state index contributed by atoms with van der Waals surface area (Å²) in [5.41, 5.74) is 4.16. The minimum absolute atomic E-state index is 0.0191. The van der Waals surface area contributed by atoms with Gasteiger partial charge in [0.15, 0.2) is 0 Å². The Morgan fingerprint density at radius 1 is 0.978 bits per heavy atom. The Kier molecular flexibility index (Phi) is 11.1. The summed E-state index contributed by atoms with van der Waals surface area (Å²) in [4.78, 5) is 41.2. The summed E-state index contributed by atoms with van der Waals surface area (Å²) in [6.45, 7) is 4.16. The van der Waals surface area contributed by atoms with Crippen LogP contribution >= 0.6 is 47.2 Å². The normalized spacial score (nSPS) is 16.6. The molecule has 0 bridgehead atoms. The predicted molar refractivity (Wildman–Crippen MR) is 185 cm³/mol. The summed E-state index contributed by atoms with van der Waals surface area (Å²) in [5.74, 6) is -1.64. The van der Waals surface area contributed by atoms with Crippen molar-refractivity contribution in [1.29, 1.82) is 0 Å². The molecule has 2 amide bonds. The maximum Gasteiger partial charge on any atom is 0.335 e. The van der Waals surface area contributed by atoms with Crippen LogP contribution in [-0.4, -0.2) is 76.4 Å². The smallest absolute Gasteiger partial charge is 0.335 e. The van der Waals surface area contributed by atoms with Crippen molar-refractivity contribution in [2.45, 2.75) is 6.42 Å². The second kappa shape index (κ2) is 15.2. The average molecular weight is 683 g/mol. The topological polar surface area (TPSA) is 99.2 Å². The average Bonchev–Trinajstić information content (AvgIpc) is 3.29. The summed E-state index contributed by atoms with van der Waals surface area (Å²) in [6, 6.07) is 17.4. The highest BCUT2D eigenvalue weighted by Gasteiger charge is 2.32. The number of aromatic carboxylic acids is 1. The Bertz CT molecular complexity index is 1690. The summed E-state index contributed by atoms with van der Waals surface area (Å²) in [5, 5.41) is 12.7. The molecule has 12 heteroatoms. The van der Waals surface area contributed by atoms with Crippen LogP contribution in [0.15, 0.2) is 71.6 Å². The van der Waals surface area contributed by atoms with Gasteiger partial charge >= 0.3 is 5.97 Å². The molecule has 2 fully saturated rings. The molecule has 2 N–H and O–H groups in total. The highest BCUT2D eigenvalue weighted by Crippen LogP contribution is 2.35. The number of rotatable bonds is 10. The van der Waals surface area contributed by atoms with Crippen LogP contribution in [0, 0.1) is 0 Å². The number of hydrogen-bond donors (Lipinski definition) is 2. The van der Waals surface area contributed by atoms with Crippen molar-refractivity contribution in [1.82, 2.24) is 9.80 Å². The van der Waals surface area contributed by atoms with E-state index in [0.29, 0.717) is 25.0 Å². The van der Waals surface area contributed by atoms with E-state index in [0.717, 1.165) is 55.1 Å². The van der Waals surface area contributed by atoms with E-state index < -0.39 is 5.97 Å². The maximum absolute atomic E-state index is 13.4. The zero-order valence-corrected chi connectivity index (χ0v) is 27.1. The first kappa shape index (κ1) is 32.9. The number of carboxylic acid groups (broad SMARTS) is 1. The first-order chi connectivity index (χ1) is 21.7. The molecule has 2 heterocycles. The number of thioether (sulfide) groups is 1. The largest absolute Gasteiger partial charge is 0.478 e. The molecular weight excluding hydrogens is 653 g/mol. The lowest BCUT2D eigenvalue weighted by molar-refractivity contribution is -0.122. The first-order valence-corrected chi connectivity index (χ1v) is 16.1. The fourth-order valence-corrected chi connectivity index (χ4v) is 6.40. The second-order valence-electron chi connectivity index (χ2n) is 10.3. The molecule has 232 valence electrons. The molecule has 45 heavy (non-hydrogen) atoms. The van der Waals surface area contributed by atoms with E-state index in [1.807, 2.05) is 30.3 Å². The molecule has 5 rings (SSSR count). The number of carbonyl (C=O) groups excluding carboxylic acids is 2. The van der Waals surface area contributed by atoms with Gasteiger partial charge in [-0.25, -0.2) is 4.79 Å². The molecule has 8 nitrogen and oxygen atoms in total. The molecule has 3 aromatic rings. The van der Waals surface area contributed by atoms with E-state index in [4.69, 9.17) is 45.3 Å². The molecule has 0 aliphatic carbocycles. The Hall–Kier alpha value is -3.51. The van der Waals surface area contributed by atoms with Gasteiger partial charge in [-0.15, -0.1) is 0 Å². The van der Waals surface area contributed by atoms with E-state index in [1.165, 1.54) is 40.9 Å². The van der Waals surface area contributed by atoms with E-state index >= 15 is 0 Å². The fraction of sp³-hybridized carbons (Fsp3) is 0.212. The number of benzene rings is 3. The number of carboxylic acids is 1. The van der Waals surface area contributed by atoms with Crippen molar-refractivity contribution in [3.05, 3.63) is 98.4 Å². The number of morpholine rings is 1. The van der Waals surface area contributed by atoms with Crippen LogP contribution in [0.2, 0.25) is 10.0 Å². The number of ether oxygens (including phenoxy) is 1. The zero-order chi connectivity index (χ0) is 31.9. The van der Waals surface area contributed by atoms with Crippen LogP contribution in [0.5, 0.6) is 0 Å². The number of carbonyl (C=O) groups is 3. The monoisotopic (exact) mass is 681 g/mol. The van der Waals surface area contributed by atoms with E-state index in [2.05, 4.69) is 28.4 Å². The van der Waals surface area contributed by atoms with E-state index in [-0.39, 0.29) is 30.3 Å². The summed E-state index contributed by atoms with van der Waals surface area (Å²) in [7, 11) is 0. The van der Waals surface area contributed by atoms with E-state index in [9.17, 15) is 14.4 Å². The minimum Gasteiger partial charge on any atom is -0.478 e. The van der Waals surface area contributed by atoms with Crippen LogP contribution in [0.4, 0.5) is 5.69 Å². The van der Waals surface area contributed by atoms with Gasteiger partial charge in [0.2, 0.25) is 5.91 Å². The van der Waals surface area contributed by atoms with Gasteiger partial charge in [-0.05, 0) is 82.9 Å². The standard InChI is InChI=1S/C33H29Cl2N3O5S2/c34-27-8-5-24(20-28(27)35)25-17-21(2-1-10-37-12-14-43-15-13-37)16-22(18-25)19-29-31(40)38(33(44)45-29)11-9-30(39)36-26-6-3-23(4-7-26)32(41)42/h1-8,16-20H,9-15H2,(H,36,39)(H,41,42)/b2-1+,29-19-. The maximum atomic E-state index is 13.4. The van der Waals surface area contributed by atoms with Gasteiger partial charge in [-0.3, -0.25) is 19.4 Å². The van der Waals surface area contributed by atoms with Gasteiger partial charge in [0.25, 0.3) is 5.91 Å².